The summed E-state index contributed by atoms with van der Waals surface area (Å²) in [6.45, 7) is 2.48. The van der Waals surface area contributed by atoms with E-state index >= 15 is 0 Å². The third-order valence-corrected chi connectivity index (χ3v) is 5.95. The van der Waals surface area contributed by atoms with Crippen LogP contribution in [0, 0.1) is 5.92 Å². The van der Waals surface area contributed by atoms with Crippen molar-refractivity contribution in [1.29, 1.82) is 0 Å². The molecule has 0 amide bonds. The van der Waals surface area contributed by atoms with Crippen molar-refractivity contribution < 1.29 is 0 Å². The molecule has 4 atom stereocenters. The van der Waals surface area contributed by atoms with Crippen LogP contribution in [0.4, 0.5) is 0 Å². The summed E-state index contributed by atoms with van der Waals surface area (Å²) < 4.78 is 0.671. The standard InChI is InChI=1S/C11H18IN/c1-10-4-8-3-9(13(10)2)6-11(12,5-8)7-10/h8-9H,3-7H2,1-2H3. The van der Waals surface area contributed by atoms with E-state index in [-0.39, 0.29) is 0 Å². The van der Waals surface area contributed by atoms with Crippen molar-refractivity contribution in [3.63, 3.8) is 0 Å². The van der Waals surface area contributed by atoms with E-state index in [1.807, 2.05) is 0 Å². The summed E-state index contributed by atoms with van der Waals surface area (Å²) >= 11 is 2.76. The molecule has 4 unspecified atom stereocenters. The van der Waals surface area contributed by atoms with Gasteiger partial charge in [-0.05, 0) is 52.0 Å². The van der Waals surface area contributed by atoms with Crippen LogP contribution in [0.5, 0.6) is 0 Å². The van der Waals surface area contributed by atoms with Crippen molar-refractivity contribution in [3.8, 4) is 0 Å². The van der Waals surface area contributed by atoms with E-state index in [1.54, 1.807) is 0 Å². The molecule has 0 aromatic carbocycles. The summed E-state index contributed by atoms with van der Waals surface area (Å²) in [7, 11) is 2.35. The minimum Gasteiger partial charge on any atom is -0.298 e. The van der Waals surface area contributed by atoms with Crippen LogP contribution >= 0.6 is 22.6 Å². The van der Waals surface area contributed by atoms with Crippen LogP contribution in [0.25, 0.3) is 0 Å². The summed E-state index contributed by atoms with van der Waals surface area (Å²) in [5.74, 6) is 1.05. The molecule has 0 aromatic heterocycles. The number of piperidine rings is 2. The number of hydrogen-bond acceptors (Lipinski definition) is 1. The predicted octanol–water partition coefficient (Wildman–Crippen LogP) is 2.83. The quantitative estimate of drug-likeness (QED) is 0.490. The van der Waals surface area contributed by atoms with Crippen LogP contribution in [0.2, 0.25) is 0 Å². The molecule has 2 aliphatic carbocycles. The van der Waals surface area contributed by atoms with Gasteiger partial charge in [0.15, 0.2) is 0 Å². The highest BCUT2D eigenvalue weighted by atomic mass is 127. The van der Waals surface area contributed by atoms with E-state index in [0.29, 0.717) is 8.96 Å². The molecule has 0 spiro atoms. The fourth-order valence-electron chi connectivity index (χ4n) is 4.26. The number of rotatable bonds is 0. The van der Waals surface area contributed by atoms with Gasteiger partial charge in [0.05, 0.1) is 0 Å². The van der Waals surface area contributed by atoms with Crippen molar-refractivity contribution in [3.05, 3.63) is 0 Å². The zero-order valence-corrected chi connectivity index (χ0v) is 10.7. The molecule has 4 bridgehead atoms. The Kier molecular flexibility index (Phi) is 1.68. The van der Waals surface area contributed by atoms with Gasteiger partial charge in [-0.1, -0.05) is 22.6 Å². The molecule has 4 aliphatic rings. The lowest BCUT2D eigenvalue weighted by molar-refractivity contribution is -0.0823. The summed E-state index contributed by atoms with van der Waals surface area (Å²) in [5, 5.41) is 0. The van der Waals surface area contributed by atoms with Gasteiger partial charge in [-0.15, -0.1) is 0 Å². The van der Waals surface area contributed by atoms with Gasteiger partial charge in [0.25, 0.3) is 0 Å². The number of alkyl halides is 1. The Bertz CT molecular complexity index is 254. The first-order valence-corrected chi connectivity index (χ1v) is 6.51. The molecule has 1 nitrogen and oxygen atoms in total. The normalized spacial score (nSPS) is 60.2. The first-order valence-electron chi connectivity index (χ1n) is 5.43. The Morgan fingerprint density at radius 2 is 2.08 bits per heavy atom. The number of hydrogen-bond donors (Lipinski definition) is 0. The van der Waals surface area contributed by atoms with Crippen molar-refractivity contribution in [2.75, 3.05) is 7.05 Å². The van der Waals surface area contributed by atoms with Crippen molar-refractivity contribution >= 4 is 22.6 Å². The molecule has 4 fully saturated rings. The summed E-state index contributed by atoms with van der Waals surface area (Å²) in [6.07, 6.45) is 7.34. The molecule has 2 heterocycles. The molecule has 0 N–H and O–H groups in total. The van der Waals surface area contributed by atoms with Gasteiger partial charge in [0, 0.05) is 15.0 Å². The second kappa shape index (κ2) is 2.43. The van der Waals surface area contributed by atoms with Gasteiger partial charge in [0.1, 0.15) is 0 Å². The second-order valence-corrected chi connectivity index (χ2v) is 8.09. The Morgan fingerprint density at radius 1 is 1.31 bits per heavy atom. The summed E-state index contributed by atoms with van der Waals surface area (Å²) in [5.41, 5.74) is 0.547. The van der Waals surface area contributed by atoms with Crippen molar-refractivity contribution in [2.45, 2.75) is 54.0 Å². The second-order valence-electron chi connectivity index (χ2n) is 5.80. The van der Waals surface area contributed by atoms with Crippen molar-refractivity contribution in [2.24, 2.45) is 5.92 Å². The van der Waals surface area contributed by atoms with E-state index in [0.717, 1.165) is 12.0 Å². The maximum Gasteiger partial charge on any atom is 0.0257 e. The largest absolute Gasteiger partial charge is 0.298 e. The average Bonchev–Trinajstić information content (AvgIpc) is 1.96. The molecule has 2 heteroatoms. The van der Waals surface area contributed by atoms with E-state index in [1.165, 1.54) is 32.1 Å². The lowest BCUT2D eigenvalue weighted by atomic mass is 9.58. The van der Waals surface area contributed by atoms with Gasteiger partial charge in [-0.25, -0.2) is 0 Å². The Morgan fingerprint density at radius 3 is 2.69 bits per heavy atom. The molecule has 2 aliphatic heterocycles. The van der Waals surface area contributed by atoms with Crippen LogP contribution in [0.3, 0.4) is 0 Å². The fourth-order valence-corrected chi connectivity index (χ4v) is 6.21. The van der Waals surface area contributed by atoms with Gasteiger partial charge < -0.3 is 0 Å². The zero-order valence-electron chi connectivity index (χ0n) is 8.52. The molecular weight excluding hydrogens is 273 g/mol. The lowest BCUT2D eigenvalue weighted by Gasteiger charge is -2.64. The van der Waals surface area contributed by atoms with E-state index in [4.69, 9.17) is 0 Å². The minimum atomic E-state index is 0.547. The molecule has 0 radical (unpaired) electrons. The first kappa shape index (κ1) is 8.96. The molecule has 0 aromatic rings. The first-order chi connectivity index (χ1) is 6.01. The Labute approximate surface area is 94.4 Å². The highest BCUT2D eigenvalue weighted by Gasteiger charge is 2.57. The van der Waals surface area contributed by atoms with E-state index in [9.17, 15) is 0 Å². The van der Waals surface area contributed by atoms with Gasteiger partial charge in [-0.3, -0.25) is 4.90 Å². The molecule has 2 saturated carbocycles. The van der Waals surface area contributed by atoms with E-state index in [2.05, 4.69) is 41.5 Å². The third-order valence-electron chi connectivity index (χ3n) is 4.69. The molecule has 13 heavy (non-hydrogen) atoms. The Balaban J connectivity index is 2.01. The van der Waals surface area contributed by atoms with Gasteiger partial charge >= 0.3 is 0 Å². The number of nitrogens with zero attached hydrogens (tertiary/aromatic N) is 1. The molecular formula is C11H18IN. The molecule has 4 rings (SSSR count). The van der Waals surface area contributed by atoms with Gasteiger partial charge in [0.2, 0.25) is 0 Å². The SMILES string of the molecule is CN1C2CC3CC(I)(C2)CC1(C)C3. The average molecular weight is 291 g/mol. The Hall–Kier alpha value is 0.690. The smallest absolute Gasteiger partial charge is 0.0257 e. The zero-order chi connectivity index (χ0) is 9.27. The van der Waals surface area contributed by atoms with Crippen LogP contribution < -0.4 is 0 Å². The monoisotopic (exact) mass is 291 g/mol. The topological polar surface area (TPSA) is 3.24 Å². The van der Waals surface area contributed by atoms with E-state index < -0.39 is 0 Å². The van der Waals surface area contributed by atoms with Crippen LogP contribution in [-0.4, -0.2) is 27.0 Å². The maximum absolute atomic E-state index is 2.76. The highest BCUT2D eigenvalue weighted by molar-refractivity contribution is 14.1. The predicted molar refractivity (Wildman–Crippen MR) is 63.3 cm³/mol. The maximum atomic E-state index is 2.76. The third kappa shape index (κ3) is 1.14. The van der Waals surface area contributed by atoms with Crippen LogP contribution in [-0.2, 0) is 0 Å². The lowest BCUT2D eigenvalue weighted by Crippen LogP contribution is -2.67. The fraction of sp³-hybridized carbons (Fsp3) is 1.00. The van der Waals surface area contributed by atoms with Crippen LogP contribution in [0.15, 0.2) is 0 Å². The minimum absolute atomic E-state index is 0.547. The van der Waals surface area contributed by atoms with Crippen molar-refractivity contribution in [1.82, 2.24) is 4.90 Å². The molecule has 74 valence electrons. The summed E-state index contributed by atoms with van der Waals surface area (Å²) in [4.78, 5) is 2.68. The molecule has 2 saturated heterocycles. The van der Waals surface area contributed by atoms with Crippen LogP contribution in [0.1, 0.15) is 39.0 Å². The summed E-state index contributed by atoms with van der Waals surface area (Å²) in [6, 6.07) is 0.906. The van der Waals surface area contributed by atoms with Gasteiger partial charge in [-0.2, -0.15) is 0 Å². The number of halogens is 1. The highest BCUT2D eigenvalue weighted by Crippen LogP contribution is 2.59.